The first-order chi connectivity index (χ1) is 16.8. The minimum absolute atomic E-state index is 0.0810. The summed E-state index contributed by atoms with van der Waals surface area (Å²) in [7, 11) is 0. The molecule has 0 bridgehead atoms. The number of tetrazole rings is 1. The molecule has 0 spiro atoms. The van der Waals surface area contributed by atoms with Crippen molar-refractivity contribution >= 4 is 17.5 Å². The summed E-state index contributed by atoms with van der Waals surface area (Å²) < 4.78 is 7.13. The van der Waals surface area contributed by atoms with E-state index in [1.54, 1.807) is 12.3 Å². The molecule has 2 aliphatic rings. The van der Waals surface area contributed by atoms with Gasteiger partial charge in [-0.2, -0.15) is 9.67 Å². The first-order valence-electron chi connectivity index (χ1n) is 12.0. The summed E-state index contributed by atoms with van der Waals surface area (Å²) in [5, 5.41) is 27.3. The van der Waals surface area contributed by atoms with E-state index in [4.69, 9.17) is 9.84 Å². The van der Waals surface area contributed by atoms with Gasteiger partial charge < -0.3 is 25.4 Å². The minimum Gasteiger partial charge on any atom is -0.489 e. The van der Waals surface area contributed by atoms with Crippen LogP contribution in [-0.4, -0.2) is 79.1 Å². The summed E-state index contributed by atoms with van der Waals surface area (Å²) >= 11 is 0. The second-order valence-corrected chi connectivity index (χ2v) is 8.78. The van der Waals surface area contributed by atoms with Gasteiger partial charge in [0.1, 0.15) is 30.2 Å². The summed E-state index contributed by atoms with van der Waals surface area (Å²) in [5.74, 6) is 2.53. The molecule has 11 heteroatoms. The molecule has 2 unspecified atom stereocenters. The van der Waals surface area contributed by atoms with E-state index in [9.17, 15) is 0 Å². The van der Waals surface area contributed by atoms with E-state index in [1.165, 1.54) is 56.2 Å². The first kappa shape index (κ1) is 22.5. The quantitative estimate of drug-likeness (QED) is 0.433. The number of hydrogen-bond donors (Lipinski definition) is 3. The predicted octanol–water partition coefficient (Wildman–Crippen LogP) is 2.24. The number of nitrogens with one attached hydrogen (secondary N) is 2. The summed E-state index contributed by atoms with van der Waals surface area (Å²) in [4.78, 5) is 11.7. The highest BCUT2D eigenvalue weighted by atomic mass is 16.5. The molecule has 2 aromatic heterocycles. The normalized spacial score (nSPS) is 20.5. The van der Waals surface area contributed by atoms with Gasteiger partial charge in [0.25, 0.3) is 0 Å². The van der Waals surface area contributed by atoms with E-state index in [-0.39, 0.29) is 13.2 Å². The summed E-state index contributed by atoms with van der Waals surface area (Å²) in [6.45, 7) is 3.52. The highest BCUT2D eigenvalue weighted by molar-refractivity contribution is 5.62. The highest BCUT2D eigenvalue weighted by Crippen LogP contribution is 2.31. The van der Waals surface area contributed by atoms with Crippen molar-refractivity contribution in [1.82, 2.24) is 35.1 Å². The van der Waals surface area contributed by atoms with Crippen LogP contribution in [0.2, 0.25) is 0 Å². The molecular formula is C23H31N9O2. The van der Waals surface area contributed by atoms with Gasteiger partial charge >= 0.3 is 0 Å². The Balaban J connectivity index is 1.26. The van der Waals surface area contributed by atoms with Crippen LogP contribution in [0.15, 0.2) is 36.8 Å². The zero-order valence-electron chi connectivity index (χ0n) is 19.2. The molecule has 2 atom stereocenters. The van der Waals surface area contributed by atoms with E-state index in [0.717, 1.165) is 18.1 Å². The Kier molecular flexibility index (Phi) is 7.10. The number of aliphatic hydroxyl groups excluding tert-OH is 1. The van der Waals surface area contributed by atoms with Crippen LogP contribution in [-0.2, 0) is 0 Å². The Morgan fingerprint density at radius 1 is 1.12 bits per heavy atom. The Labute approximate surface area is 198 Å². The fourth-order valence-corrected chi connectivity index (χ4v) is 5.02. The Morgan fingerprint density at radius 2 is 2.06 bits per heavy atom. The van der Waals surface area contributed by atoms with E-state index < -0.39 is 0 Å². The van der Waals surface area contributed by atoms with Gasteiger partial charge in [-0.3, -0.25) is 0 Å². The fraction of sp³-hybridized carbons (Fsp3) is 0.522. The molecule has 180 valence electrons. The molecule has 0 radical (unpaired) electrons. The molecule has 34 heavy (non-hydrogen) atoms. The molecule has 0 aliphatic carbocycles. The lowest BCUT2D eigenvalue weighted by Gasteiger charge is -2.44. The van der Waals surface area contributed by atoms with Crippen molar-refractivity contribution < 1.29 is 9.84 Å². The molecule has 4 heterocycles. The maximum Gasteiger partial charge on any atom is 0.229 e. The zero-order valence-corrected chi connectivity index (χ0v) is 19.2. The van der Waals surface area contributed by atoms with Crippen LogP contribution in [0.3, 0.4) is 0 Å². The zero-order chi connectivity index (χ0) is 23.2. The molecule has 3 N–H and O–H groups in total. The van der Waals surface area contributed by atoms with Crippen molar-refractivity contribution in [2.45, 2.75) is 38.1 Å². The molecule has 0 amide bonds. The van der Waals surface area contributed by atoms with Crippen molar-refractivity contribution in [1.29, 1.82) is 0 Å². The van der Waals surface area contributed by atoms with E-state index >= 15 is 0 Å². The van der Waals surface area contributed by atoms with Crippen molar-refractivity contribution in [3.63, 3.8) is 0 Å². The second kappa shape index (κ2) is 10.7. The van der Waals surface area contributed by atoms with Crippen LogP contribution in [0.4, 0.5) is 17.5 Å². The van der Waals surface area contributed by atoms with Crippen LogP contribution in [0, 0.1) is 5.92 Å². The van der Waals surface area contributed by atoms with E-state index in [0.29, 0.717) is 29.3 Å². The van der Waals surface area contributed by atoms with E-state index in [2.05, 4.69) is 41.0 Å². The largest absolute Gasteiger partial charge is 0.489 e. The van der Waals surface area contributed by atoms with Crippen molar-refractivity contribution in [2.24, 2.45) is 5.92 Å². The SMILES string of the molecule is OCCOc1ccc(Nc2nccc(NCC3CCCN4CCCCC34)n2)cc1-n1cnnn1. The number of ether oxygens (including phenoxy) is 1. The van der Waals surface area contributed by atoms with Gasteiger partial charge in [0, 0.05) is 24.5 Å². The molecule has 2 fully saturated rings. The monoisotopic (exact) mass is 465 g/mol. The van der Waals surface area contributed by atoms with E-state index in [1.807, 2.05) is 18.2 Å². The van der Waals surface area contributed by atoms with Crippen molar-refractivity contribution in [3.8, 4) is 11.4 Å². The maximum atomic E-state index is 9.10. The fourth-order valence-electron chi connectivity index (χ4n) is 5.02. The number of hydrogen-bond acceptors (Lipinski definition) is 10. The van der Waals surface area contributed by atoms with Gasteiger partial charge in [-0.05, 0) is 79.4 Å². The van der Waals surface area contributed by atoms with Crippen LogP contribution >= 0.6 is 0 Å². The maximum absolute atomic E-state index is 9.10. The summed E-state index contributed by atoms with van der Waals surface area (Å²) in [6, 6.07) is 8.13. The van der Waals surface area contributed by atoms with Crippen LogP contribution in [0.1, 0.15) is 32.1 Å². The number of piperidine rings is 2. The Morgan fingerprint density at radius 3 is 2.94 bits per heavy atom. The molecule has 11 nitrogen and oxygen atoms in total. The number of anilines is 3. The van der Waals surface area contributed by atoms with Crippen molar-refractivity contribution in [2.75, 3.05) is 43.5 Å². The number of aromatic nitrogens is 6. The summed E-state index contributed by atoms with van der Waals surface area (Å²) in [5.41, 5.74) is 1.41. The average molecular weight is 466 g/mol. The Bertz CT molecular complexity index is 1060. The standard InChI is InChI=1S/C23H31N9O2/c33-12-13-34-21-7-6-18(14-20(21)32-16-26-29-30-32)27-23-24-9-8-22(28-23)25-15-17-4-3-11-31-10-2-1-5-19(17)31/h6-9,14,16-17,19,33H,1-5,10-13,15H2,(H2,24,25,27,28). The number of fused-ring (bicyclic) bond motifs is 1. The van der Waals surface area contributed by atoms with Gasteiger partial charge in [-0.15, -0.1) is 5.10 Å². The van der Waals surface area contributed by atoms with Gasteiger partial charge in [0.2, 0.25) is 5.95 Å². The lowest BCUT2D eigenvalue weighted by molar-refractivity contribution is 0.0649. The number of nitrogens with zero attached hydrogens (tertiary/aromatic N) is 7. The first-order valence-corrected chi connectivity index (χ1v) is 12.0. The van der Waals surface area contributed by atoms with Crippen LogP contribution in [0.5, 0.6) is 5.75 Å². The highest BCUT2D eigenvalue weighted by Gasteiger charge is 2.32. The molecule has 0 saturated carbocycles. The number of rotatable bonds is 9. The lowest BCUT2D eigenvalue weighted by atomic mass is 9.83. The molecule has 2 saturated heterocycles. The van der Waals surface area contributed by atoms with Gasteiger partial charge in [-0.1, -0.05) is 6.42 Å². The predicted molar refractivity (Wildman–Crippen MR) is 127 cm³/mol. The van der Waals surface area contributed by atoms with Gasteiger partial charge in [-0.25, -0.2) is 4.98 Å². The van der Waals surface area contributed by atoms with Crippen LogP contribution < -0.4 is 15.4 Å². The van der Waals surface area contributed by atoms with Gasteiger partial charge in [0.15, 0.2) is 0 Å². The summed E-state index contributed by atoms with van der Waals surface area (Å²) in [6.07, 6.45) is 9.79. The topological polar surface area (TPSA) is 126 Å². The minimum atomic E-state index is -0.0810. The Hall–Kier alpha value is -3.31. The van der Waals surface area contributed by atoms with Gasteiger partial charge in [0.05, 0.1) is 6.61 Å². The molecule has 5 rings (SSSR count). The third kappa shape index (κ3) is 5.26. The lowest BCUT2D eigenvalue weighted by Crippen LogP contribution is -2.49. The molecule has 1 aromatic carbocycles. The second-order valence-electron chi connectivity index (χ2n) is 8.78. The number of aliphatic hydroxyl groups is 1. The molecular weight excluding hydrogens is 434 g/mol. The van der Waals surface area contributed by atoms with Crippen LogP contribution in [0.25, 0.3) is 5.69 Å². The number of benzene rings is 1. The average Bonchev–Trinajstić information content (AvgIpc) is 3.42. The molecule has 3 aromatic rings. The molecule has 2 aliphatic heterocycles. The smallest absolute Gasteiger partial charge is 0.229 e. The van der Waals surface area contributed by atoms with Crippen molar-refractivity contribution in [3.05, 3.63) is 36.8 Å². The third-order valence-corrected chi connectivity index (χ3v) is 6.59. The third-order valence-electron chi connectivity index (χ3n) is 6.59.